The fraction of sp³-hybridized carbons (Fsp3) is 0.0833. The fourth-order valence-electron chi connectivity index (χ4n) is 1.40. The summed E-state index contributed by atoms with van der Waals surface area (Å²) in [6.45, 7) is 1.83. The van der Waals surface area contributed by atoms with Crippen LogP contribution in [0.25, 0.3) is 0 Å². The monoisotopic (exact) mass is 258 g/mol. The molecule has 0 saturated carbocycles. The molecule has 0 spiro atoms. The number of rotatable bonds is 2. The Balaban J connectivity index is 2.20. The molecule has 1 heterocycles. The van der Waals surface area contributed by atoms with Gasteiger partial charge in [0.1, 0.15) is 5.69 Å². The number of carbonyl (C=O) groups is 1. The van der Waals surface area contributed by atoms with Crippen molar-refractivity contribution in [2.24, 2.45) is 0 Å². The third-order valence-corrected chi connectivity index (χ3v) is 3.05. The molecular formula is C12H10N4OS. The van der Waals surface area contributed by atoms with E-state index in [0.717, 1.165) is 5.01 Å². The standard InChI is InChI=1S/C12H10N4OS/c1-7-15-11(6-18-7)12(17)16-10-3-2-8(5-13)4-9(10)14/h2-4,6H,14H2,1H3,(H,16,17). The van der Waals surface area contributed by atoms with Gasteiger partial charge in [0.2, 0.25) is 0 Å². The molecule has 90 valence electrons. The first-order chi connectivity index (χ1) is 8.60. The summed E-state index contributed by atoms with van der Waals surface area (Å²) in [6, 6.07) is 6.69. The Bertz CT molecular complexity index is 642. The molecule has 6 heteroatoms. The second kappa shape index (κ2) is 4.85. The van der Waals surface area contributed by atoms with Crippen LogP contribution in [-0.4, -0.2) is 10.9 Å². The minimum absolute atomic E-state index is 0.309. The van der Waals surface area contributed by atoms with Crippen LogP contribution in [0.1, 0.15) is 21.1 Å². The number of carbonyl (C=O) groups excluding carboxylic acids is 1. The number of nitrogens with one attached hydrogen (secondary N) is 1. The lowest BCUT2D eigenvalue weighted by Crippen LogP contribution is -2.13. The molecule has 1 amide bonds. The number of nitrogen functional groups attached to an aromatic ring is 1. The third kappa shape index (κ3) is 2.47. The Morgan fingerprint density at radius 3 is 2.89 bits per heavy atom. The second-order valence-electron chi connectivity index (χ2n) is 3.62. The topological polar surface area (TPSA) is 91.8 Å². The number of nitriles is 1. The average molecular weight is 258 g/mol. The molecule has 0 radical (unpaired) electrons. The zero-order valence-corrected chi connectivity index (χ0v) is 10.4. The highest BCUT2D eigenvalue weighted by Gasteiger charge is 2.11. The van der Waals surface area contributed by atoms with E-state index < -0.39 is 0 Å². The minimum Gasteiger partial charge on any atom is -0.397 e. The maximum atomic E-state index is 11.8. The van der Waals surface area contributed by atoms with E-state index in [1.807, 2.05) is 13.0 Å². The minimum atomic E-state index is -0.309. The molecule has 0 aliphatic rings. The molecule has 5 nitrogen and oxygen atoms in total. The van der Waals surface area contributed by atoms with Gasteiger partial charge in [0.25, 0.3) is 5.91 Å². The summed E-state index contributed by atoms with van der Waals surface area (Å²) in [5, 5.41) is 13.9. The molecule has 0 saturated heterocycles. The summed E-state index contributed by atoms with van der Waals surface area (Å²) in [4.78, 5) is 15.9. The van der Waals surface area contributed by atoms with Crippen molar-refractivity contribution >= 4 is 28.6 Å². The predicted molar refractivity (Wildman–Crippen MR) is 70.4 cm³/mol. The molecule has 18 heavy (non-hydrogen) atoms. The van der Waals surface area contributed by atoms with E-state index in [4.69, 9.17) is 11.0 Å². The second-order valence-corrected chi connectivity index (χ2v) is 4.68. The Morgan fingerprint density at radius 1 is 1.56 bits per heavy atom. The molecule has 0 aliphatic carbocycles. The van der Waals surface area contributed by atoms with Crippen LogP contribution >= 0.6 is 11.3 Å². The van der Waals surface area contributed by atoms with Crippen LogP contribution in [0, 0.1) is 18.3 Å². The van der Waals surface area contributed by atoms with Crippen molar-refractivity contribution in [3.05, 3.63) is 39.8 Å². The van der Waals surface area contributed by atoms with Gasteiger partial charge in [0.05, 0.1) is 28.0 Å². The van der Waals surface area contributed by atoms with Crippen molar-refractivity contribution in [3.63, 3.8) is 0 Å². The first kappa shape index (κ1) is 12.1. The molecular weight excluding hydrogens is 248 g/mol. The normalized spacial score (nSPS) is 9.78. The number of aromatic nitrogens is 1. The first-order valence-corrected chi connectivity index (χ1v) is 6.01. The highest BCUT2D eigenvalue weighted by Crippen LogP contribution is 2.20. The zero-order chi connectivity index (χ0) is 13.1. The molecule has 0 unspecified atom stereocenters. The highest BCUT2D eigenvalue weighted by atomic mass is 32.1. The van der Waals surface area contributed by atoms with Gasteiger partial charge in [-0.3, -0.25) is 4.79 Å². The fourth-order valence-corrected chi connectivity index (χ4v) is 1.99. The van der Waals surface area contributed by atoms with Gasteiger partial charge in [-0.15, -0.1) is 11.3 Å². The lowest BCUT2D eigenvalue weighted by atomic mass is 10.2. The average Bonchev–Trinajstić information content (AvgIpc) is 2.78. The number of thiazole rings is 1. The van der Waals surface area contributed by atoms with Crippen LogP contribution in [0.15, 0.2) is 23.6 Å². The lowest BCUT2D eigenvalue weighted by Gasteiger charge is -2.06. The third-order valence-electron chi connectivity index (χ3n) is 2.28. The van der Waals surface area contributed by atoms with Gasteiger partial charge >= 0.3 is 0 Å². The van der Waals surface area contributed by atoms with E-state index in [9.17, 15) is 4.79 Å². The number of benzene rings is 1. The van der Waals surface area contributed by atoms with Crippen LogP contribution in [0.4, 0.5) is 11.4 Å². The summed E-state index contributed by atoms with van der Waals surface area (Å²) in [5.41, 5.74) is 7.39. The Hall–Kier alpha value is -2.39. The van der Waals surface area contributed by atoms with Crippen molar-refractivity contribution in [2.75, 3.05) is 11.1 Å². The summed E-state index contributed by atoms with van der Waals surface area (Å²) in [7, 11) is 0. The van der Waals surface area contributed by atoms with Gasteiger partial charge in [0.15, 0.2) is 0 Å². The van der Waals surface area contributed by atoms with E-state index in [1.165, 1.54) is 17.4 Å². The molecule has 3 N–H and O–H groups in total. The van der Waals surface area contributed by atoms with Crippen molar-refractivity contribution in [1.29, 1.82) is 5.26 Å². The van der Waals surface area contributed by atoms with Gasteiger partial charge in [-0.1, -0.05) is 0 Å². The molecule has 1 aromatic carbocycles. The van der Waals surface area contributed by atoms with Crippen molar-refractivity contribution < 1.29 is 4.79 Å². The van der Waals surface area contributed by atoms with Gasteiger partial charge < -0.3 is 11.1 Å². The Labute approximate surface area is 108 Å². The Morgan fingerprint density at radius 2 is 2.33 bits per heavy atom. The smallest absolute Gasteiger partial charge is 0.275 e. The Kier molecular flexibility index (Phi) is 3.26. The zero-order valence-electron chi connectivity index (χ0n) is 9.60. The molecule has 2 aromatic rings. The number of nitrogens with two attached hydrogens (primary N) is 1. The highest BCUT2D eigenvalue weighted by molar-refractivity contribution is 7.09. The SMILES string of the molecule is Cc1nc(C(=O)Nc2ccc(C#N)cc2N)cs1. The maximum absolute atomic E-state index is 11.8. The van der Waals surface area contributed by atoms with Crippen molar-refractivity contribution in [3.8, 4) is 6.07 Å². The van der Waals surface area contributed by atoms with Crippen LogP contribution in [0.2, 0.25) is 0 Å². The largest absolute Gasteiger partial charge is 0.397 e. The van der Waals surface area contributed by atoms with Gasteiger partial charge in [0, 0.05) is 5.38 Å². The number of hydrogen-bond acceptors (Lipinski definition) is 5. The van der Waals surface area contributed by atoms with E-state index in [-0.39, 0.29) is 5.91 Å². The van der Waals surface area contributed by atoms with Gasteiger partial charge in [-0.05, 0) is 25.1 Å². The number of hydrogen-bond donors (Lipinski definition) is 2. The van der Waals surface area contributed by atoms with Crippen LogP contribution in [-0.2, 0) is 0 Å². The molecule has 0 atom stereocenters. The van der Waals surface area contributed by atoms with E-state index in [0.29, 0.717) is 22.6 Å². The van der Waals surface area contributed by atoms with E-state index in [2.05, 4.69) is 10.3 Å². The number of amides is 1. The summed E-state index contributed by atoms with van der Waals surface area (Å²) in [5.74, 6) is -0.309. The van der Waals surface area contributed by atoms with E-state index in [1.54, 1.807) is 17.5 Å². The lowest BCUT2D eigenvalue weighted by molar-refractivity contribution is 0.102. The number of aryl methyl sites for hydroxylation is 1. The first-order valence-electron chi connectivity index (χ1n) is 5.13. The van der Waals surface area contributed by atoms with Crippen LogP contribution < -0.4 is 11.1 Å². The van der Waals surface area contributed by atoms with Crippen LogP contribution in [0.5, 0.6) is 0 Å². The molecule has 0 bridgehead atoms. The van der Waals surface area contributed by atoms with Gasteiger partial charge in [-0.2, -0.15) is 5.26 Å². The summed E-state index contributed by atoms with van der Waals surface area (Å²) < 4.78 is 0. The molecule has 0 fully saturated rings. The molecule has 0 aliphatic heterocycles. The quantitative estimate of drug-likeness (QED) is 0.807. The number of anilines is 2. The van der Waals surface area contributed by atoms with Crippen molar-refractivity contribution in [2.45, 2.75) is 6.92 Å². The molecule has 1 aromatic heterocycles. The summed E-state index contributed by atoms with van der Waals surface area (Å²) in [6.07, 6.45) is 0. The number of nitrogens with zero attached hydrogens (tertiary/aromatic N) is 2. The summed E-state index contributed by atoms with van der Waals surface area (Å²) >= 11 is 1.41. The van der Waals surface area contributed by atoms with Crippen molar-refractivity contribution in [1.82, 2.24) is 4.98 Å². The van der Waals surface area contributed by atoms with Crippen LogP contribution in [0.3, 0.4) is 0 Å². The molecule has 2 rings (SSSR count). The van der Waals surface area contributed by atoms with E-state index >= 15 is 0 Å². The predicted octanol–water partition coefficient (Wildman–Crippen LogP) is 2.16. The maximum Gasteiger partial charge on any atom is 0.275 e. The van der Waals surface area contributed by atoms with Gasteiger partial charge in [-0.25, -0.2) is 4.98 Å².